The van der Waals surface area contributed by atoms with Gasteiger partial charge in [-0.2, -0.15) is 0 Å². The third-order valence-corrected chi connectivity index (χ3v) is 5.46. The minimum atomic E-state index is -3.82. The highest BCUT2D eigenvalue weighted by atomic mass is 32.2. The van der Waals surface area contributed by atoms with Crippen LogP contribution in [0.1, 0.15) is 10.5 Å². The Labute approximate surface area is 152 Å². The van der Waals surface area contributed by atoms with Crippen LogP contribution in [-0.4, -0.2) is 39.1 Å². The van der Waals surface area contributed by atoms with Gasteiger partial charge in [-0.25, -0.2) is 22.4 Å². The zero-order chi connectivity index (χ0) is 19.0. The first kappa shape index (κ1) is 16.9. The van der Waals surface area contributed by atoms with Crippen molar-refractivity contribution in [1.29, 1.82) is 0 Å². The summed E-state index contributed by atoms with van der Waals surface area (Å²) in [6.07, 6.45) is 3.96. The van der Waals surface area contributed by atoms with Crippen molar-refractivity contribution in [3.8, 4) is 0 Å². The average Bonchev–Trinajstić information content (AvgIpc) is 3.11. The van der Waals surface area contributed by atoms with Crippen molar-refractivity contribution in [2.45, 2.75) is 0 Å². The van der Waals surface area contributed by atoms with Crippen molar-refractivity contribution in [2.24, 2.45) is 0 Å². The summed E-state index contributed by atoms with van der Waals surface area (Å²) in [5.41, 5.74) is 0.367. The number of aromatic amines is 1. The topological polar surface area (TPSA) is 127 Å². The quantitative estimate of drug-likeness (QED) is 0.538. The summed E-state index contributed by atoms with van der Waals surface area (Å²) in [7, 11) is -3.82. The first-order valence-electron chi connectivity index (χ1n) is 7.87. The summed E-state index contributed by atoms with van der Waals surface area (Å²) >= 11 is 0. The number of amides is 1. The Balaban J connectivity index is 1.58. The Morgan fingerprint density at radius 1 is 1.19 bits per heavy atom. The van der Waals surface area contributed by atoms with E-state index in [0.29, 0.717) is 11.0 Å². The molecule has 27 heavy (non-hydrogen) atoms. The highest BCUT2D eigenvalue weighted by Crippen LogP contribution is 2.17. The molecule has 1 amide bonds. The molecule has 4 rings (SSSR count). The molecule has 0 spiro atoms. The van der Waals surface area contributed by atoms with Gasteiger partial charge in [0.05, 0.1) is 28.9 Å². The van der Waals surface area contributed by atoms with Crippen LogP contribution in [0.4, 0.5) is 0 Å². The van der Waals surface area contributed by atoms with E-state index in [4.69, 9.17) is 0 Å². The number of hydrogen-bond donors (Lipinski definition) is 2. The standard InChI is InChI=1S/C17H13N5O4S/c23-16-12-7-13(18-8-14(12)19-9-20-16)17(24)21-10-27(25,26)22-6-5-11-3-1-2-4-15(11)22/h1-9H,10H2,(H,21,24)(H,19,20,23). The van der Waals surface area contributed by atoms with Crippen molar-refractivity contribution < 1.29 is 13.2 Å². The third kappa shape index (κ3) is 3.06. The van der Waals surface area contributed by atoms with Crippen LogP contribution < -0.4 is 10.9 Å². The van der Waals surface area contributed by atoms with Crippen LogP contribution in [0.3, 0.4) is 0 Å². The van der Waals surface area contributed by atoms with Gasteiger partial charge in [-0.1, -0.05) is 18.2 Å². The Bertz CT molecular complexity index is 1340. The minimum Gasteiger partial charge on any atom is -0.335 e. The maximum atomic E-state index is 12.6. The van der Waals surface area contributed by atoms with Crippen molar-refractivity contribution in [3.63, 3.8) is 0 Å². The van der Waals surface area contributed by atoms with Crippen LogP contribution in [0.5, 0.6) is 0 Å². The Kier molecular flexibility index (Phi) is 3.96. The molecule has 3 heterocycles. The van der Waals surface area contributed by atoms with Gasteiger partial charge < -0.3 is 10.3 Å². The average molecular weight is 383 g/mol. The summed E-state index contributed by atoms with van der Waals surface area (Å²) in [5.74, 6) is -1.33. The first-order valence-corrected chi connectivity index (χ1v) is 9.48. The molecule has 136 valence electrons. The van der Waals surface area contributed by atoms with Crippen LogP contribution in [0.15, 0.2) is 59.9 Å². The second-order valence-electron chi connectivity index (χ2n) is 5.75. The largest absolute Gasteiger partial charge is 0.335 e. The molecule has 0 aliphatic heterocycles. The second-order valence-corrected chi connectivity index (χ2v) is 7.60. The van der Waals surface area contributed by atoms with E-state index in [1.165, 1.54) is 24.8 Å². The summed E-state index contributed by atoms with van der Waals surface area (Å²) in [6, 6.07) is 9.97. The molecular weight excluding hydrogens is 370 g/mol. The SMILES string of the molecule is O=C(NCS(=O)(=O)n1ccc2ccccc21)c1cc2c(=O)[nH]cnc2cn1. The summed E-state index contributed by atoms with van der Waals surface area (Å²) in [5, 5.41) is 3.30. The number of aromatic nitrogens is 4. The molecule has 0 radical (unpaired) electrons. The minimum absolute atomic E-state index is 0.0754. The zero-order valence-corrected chi connectivity index (χ0v) is 14.6. The van der Waals surface area contributed by atoms with E-state index in [1.54, 1.807) is 24.3 Å². The molecule has 10 heteroatoms. The predicted octanol–water partition coefficient (Wildman–Crippen LogP) is 0.838. The van der Waals surface area contributed by atoms with Gasteiger partial charge in [-0.15, -0.1) is 0 Å². The van der Waals surface area contributed by atoms with Crippen molar-refractivity contribution in [2.75, 3.05) is 5.88 Å². The smallest absolute Gasteiger partial charge is 0.270 e. The molecule has 0 aliphatic carbocycles. The molecule has 1 aromatic carbocycles. The molecule has 3 aromatic heterocycles. The van der Waals surface area contributed by atoms with Gasteiger partial charge in [0.25, 0.3) is 21.5 Å². The van der Waals surface area contributed by atoms with Crippen LogP contribution in [0.25, 0.3) is 21.8 Å². The van der Waals surface area contributed by atoms with E-state index < -0.39 is 27.4 Å². The highest BCUT2D eigenvalue weighted by Gasteiger charge is 2.18. The number of nitrogens with zero attached hydrogens (tertiary/aromatic N) is 3. The Hall–Kier alpha value is -3.53. The van der Waals surface area contributed by atoms with Gasteiger partial charge >= 0.3 is 0 Å². The lowest BCUT2D eigenvalue weighted by Crippen LogP contribution is -2.32. The highest BCUT2D eigenvalue weighted by molar-refractivity contribution is 7.90. The molecule has 4 aromatic rings. The molecular formula is C17H13N5O4S. The fourth-order valence-electron chi connectivity index (χ4n) is 2.71. The van der Waals surface area contributed by atoms with E-state index in [9.17, 15) is 18.0 Å². The molecule has 0 saturated heterocycles. The summed E-state index contributed by atoms with van der Waals surface area (Å²) in [4.78, 5) is 34.4. The van der Waals surface area contributed by atoms with Crippen LogP contribution in [0, 0.1) is 0 Å². The number of hydrogen-bond acceptors (Lipinski definition) is 6. The predicted molar refractivity (Wildman–Crippen MR) is 98.7 cm³/mol. The summed E-state index contributed by atoms with van der Waals surface area (Å²) in [6.45, 7) is 0. The number of fused-ring (bicyclic) bond motifs is 2. The molecule has 2 N–H and O–H groups in total. The molecule has 0 unspecified atom stereocenters. The Morgan fingerprint density at radius 2 is 2.00 bits per heavy atom. The van der Waals surface area contributed by atoms with E-state index in [1.807, 2.05) is 6.07 Å². The number of benzene rings is 1. The maximum absolute atomic E-state index is 12.6. The van der Waals surface area contributed by atoms with Crippen molar-refractivity contribution in [3.05, 3.63) is 71.2 Å². The van der Waals surface area contributed by atoms with E-state index >= 15 is 0 Å². The molecule has 0 aliphatic rings. The number of nitrogens with one attached hydrogen (secondary N) is 2. The van der Waals surface area contributed by atoms with E-state index in [-0.39, 0.29) is 11.1 Å². The lowest BCUT2D eigenvalue weighted by atomic mass is 10.2. The number of carbonyl (C=O) groups excluding carboxylic acids is 1. The van der Waals surface area contributed by atoms with Gasteiger partial charge in [0, 0.05) is 11.6 Å². The van der Waals surface area contributed by atoms with Crippen LogP contribution in [0.2, 0.25) is 0 Å². The lowest BCUT2D eigenvalue weighted by Gasteiger charge is -2.09. The molecule has 0 saturated carbocycles. The number of H-pyrrole nitrogens is 1. The fraction of sp³-hybridized carbons (Fsp3) is 0.0588. The van der Waals surface area contributed by atoms with Crippen LogP contribution >= 0.6 is 0 Å². The van der Waals surface area contributed by atoms with E-state index in [0.717, 1.165) is 9.36 Å². The van der Waals surface area contributed by atoms with Crippen molar-refractivity contribution >= 4 is 37.7 Å². The van der Waals surface area contributed by atoms with Gasteiger partial charge in [0.2, 0.25) is 0 Å². The molecule has 0 fully saturated rings. The zero-order valence-electron chi connectivity index (χ0n) is 13.8. The third-order valence-electron chi connectivity index (χ3n) is 4.04. The number of carbonyl (C=O) groups is 1. The molecule has 0 atom stereocenters. The lowest BCUT2D eigenvalue weighted by molar-refractivity contribution is 0.0955. The number of pyridine rings is 1. The number of para-hydroxylation sites is 1. The fourth-order valence-corrected chi connectivity index (χ4v) is 3.88. The first-order chi connectivity index (χ1) is 13.0. The van der Waals surface area contributed by atoms with Gasteiger partial charge in [-0.3, -0.25) is 9.59 Å². The van der Waals surface area contributed by atoms with Gasteiger partial charge in [-0.05, 0) is 18.2 Å². The second kappa shape index (κ2) is 6.32. The van der Waals surface area contributed by atoms with Crippen molar-refractivity contribution in [1.82, 2.24) is 24.2 Å². The van der Waals surface area contributed by atoms with Crippen LogP contribution in [-0.2, 0) is 10.0 Å². The molecule has 0 bridgehead atoms. The summed E-state index contributed by atoms with van der Waals surface area (Å²) < 4.78 is 26.3. The molecule has 9 nitrogen and oxygen atoms in total. The normalized spacial score (nSPS) is 11.7. The maximum Gasteiger partial charge on any atom is 0.270 e. The van der Waals surface area contributed by atoms with E-state index in [2.05, 4.69) is 20.3 Å². The van der Waals surface area contributed by atoms with Gasteiger partial charge in [0.1, 0.15) is 11.6 Å². The Morgan fingerprint density at radius 3 is 2.85 bits per heavy atom. The van der Waals surface area contributed by atoms with Gasteiger partial charge in [0.15, 0.2) is 0 Å². The monoisotopic (exact) mass is 383 g/mol. The number of rotatable bonds is 4.